The lowest BCUT2D eigenvalue weighted by Crippen LogP contribution is -2.54. The van der Waals surface area contributed by atoms with Crippen molar-refractivity contribution in [2.75, 3.05) is 23.7 Å². The molecule has 114 valence electrons. The molecule has 2 fully saturated rings. The number of nitrogens with one attached hydrogen (secondary N) is 1. The molecule has 2 unspecified atom stereocenters. The number of anilines is 2. The molecule has 0 aliphatic carbocycles. The van der Waals surface area contributed by atoms with E-state index in [1.54, 1.807) is 0 Å². The summed E-state index contributed by atoms with van der Waals surface area (Å²) in [7, 11) is 0. The van der Waals surface area contributed by atoms with Gasteiger partial charge in [-0.3, -0.25) is 4.79 Å². The van der Waals surface area contributed by atoms with Crippen molar-refractivity contribution in [1.82, 2.24) is 15.3 Å². The van der Waals surface area contributed by atoms with Gasteiger partial charge < -0.3 is 16.0 Å². The molecule has 2 atom stereocenters. The van der Waals surface area contributed by atoms with Crippen LogP contribution in [0.2, 0.25) is 0 Å². The second-order valence-corrected chi connectivity index (χ2v) is 6.37. The third-order valence-corrected chi connectivity index (χ3v) is 4.41. The van der Waals surface area contributed by atoms with Gasteiger partial charge in [0.25, 0.3) is 0 Å². The molecule has 0 aromatic carbocycles. The van der Waals surface area contributed by atoms with Crippen molar-refractivity contribution in [3.8, 4) is 0 Å². The Morgan fingerprint density at radius 1 is 1.38 bits per heavy atom. The first-order valence-corrected chi connectivity index (χ1v) is 7.71. The van der Waals surface area contributed by atoms with Crippen LogP contribution in [0.3, 0.4) is 0 Å². The topological polar surface area (TPSA) is 84.1 Å². The molecular weight excluding hydrogens is 266 g/mol. The maximum absolute atomic E-state index is 11.5. The van der Waals surface area contributed by atoms with E-state index in [-0.39, 0.29) is 11.8 Å². The van der Waals surface area contributed by atoms with Crippen molar-refractivity contribution in [3.05, 3.63) is 11.9 Å². The van der Waals surface area contributed by atoms with E-state index in [0.29, 0.717) is 24.2 Å². The first kappa shape index (κ1) is 14.1. The minimum Gasteiger partial charge on any atom is -0.384 e. The number of nitrogens with zero attached hydrogens (tertiary/aromatic N) is 3. The van der Waals surface area contributed by atoms with E-state index < -0.39 is 0 Å². The average Bonchev–Trinajstić information content (AvgIpc) is 2.46. The third kappa shape index (κ3) is 2.94. The minimum absolute atomic E-state index is 0.193. The highest BCUT2D eigenvalue weighted by atomic mass is 16.1. The van der Waals surface area contributed by atoms with Crippen molar-refractivity contribution in [2.45, 2.75) is 45.1 Å². The van der Waals surface area contributed by atoms with Gasteiger partial charge in [-0.05, 0) is 18.8 Å². The predicted molar refractivity (Wildman–Crippen MR) is 82.0 cm³/mol. The van der Waals surface area contributed by atoms with Crippen LogP contribution in [-0.2, 0) is 4.79 Å². The molecular formula is C15H23N5O. The molecule has 0 bridgehead atoms. The first-order valence-electron chi connectivity index (χ1n) is 7.71. The van der Waals surface area contributed by atoms with Crippen LogP contribution in [0.4, 0.5) is 11.6 Å². The van der Waals surface area contributed by atoms with E-state index in [1.165, 1.54) is 0 Å². The van der Waals surface area contributed by atoms with Gasteiger partial charge in [0.2, 0.25) is 5.91 Å². The summed E-state index contributed by atoms with van der Waals surface area (Å²) in [6, 6.07) is 2.18. The second-order valence-electron chi connectivity index (χ2n) is 6.37. The number of fused-ring (bicyclic) bond motifs is 1. The Balaban J connectivity index is 1.78. The normalized spacial score (nSPS) is 25.7. The van der Waals surface area contributed by atoms with Crippen LogP contribution in [0, 0.1) is 5.92 Å². The molecule has 2 saturated heterocycles. The number of carbonyl (C=O) groups excluding carboxylic acids is 1. The van der Waals surface area contributed by atoms with Gasteiger partial charge >= 0.3 is 0 Å². The van der Waals surface area contributed by atoms with Gasteiger partial charge in [-0.15, -0.1) is 0 Å². The summed E-state index contributed by atoms with van der Waals surface area (Å²) in [6.07, 6.45) is 2.57. The molecule has 1 amide bonds. The van der Waals surface area contributed by atoms with Crippen LogP contribution >= 0.6 is 0 Å². The summed E-state index contributed by atoms with van der Waals surface area (Å²) < 4.78 is 0. The monoisotopic (exact) mass is 289 g/mol. The smallest absolute Gasteiger partial charge is 0.220 e. The lowest BCUT2D eigenvalue weighted by Gasteiger charge is -2.42. The number of piperidine rings is 2. The molecule has 0 spiro atoms. The van der Waals surface area contributed by atoms with E-state index in [0.717, 1.165) is 37.6 Å². The van der Waals surface area contributed by atoms with Gasteiger partial charge in [0, 0.05) is 37.5 Å². The Hall–Kier alpha value is -1.85. The van der Waals surface area contributed by atoms with E-state index in [4.69, 9.17) is 5.73 Å². The zero-order chi connectivity index (χ0) is 15.0. The fourth-order valence-corrected chi connectivity index (χ4v) is 3.21. The highest BCUT2D eigenvalue weighted by Crippen LogP contribution is 2.29. The van der Waals surface area contributed by atoms with Gasteiger partial charge in [0.05, 0.1) is 0 Å². The fraction of sp³-hybridized carbons (Fsp3) is 0.667. The average molecular weight is 289 g/mol. The number of carbonyl (C=O) groups is 1. The number of aromatic nitrogens is 2. The highest BCUT2D eigenvalue weighted by Gasteiger charge is 2.34. The molecule has 3 rings (SSSR count). The van der Waals surface area contributed by atoms with Crippen LogP contribution in [0.5, 0.6) is 0 Å². The predicted octanol–water partition coefficient (Wildman–Crippen LogP) is 1.29. The van der Waals surface area contributed by atoms with Crippen LogP contribution in [-0.4, -0.2) is 35.0 Å². The van der Waals surface area contributed by atoms with Gasteiger partial charge in [-0.1, -0.05) is 13.8 Å². The summed E-state index contributed by atoms with van der Waals surface area (Å²) in [6.45, 7) is 5.97. The molecule has 2 aliphatic heterocycles. The number of nitrogens with two attached hydrogens (primary N) is 1. The lowest BCUT2D eigenvalue weighted by atomic mass is 9.85. The first-order chi connectivity index (χ1) is 10.0. The largest absolute Gasteiger partial charge is 0.384 e. The van der Waals surface area contributed by atoms with Gasteiger partial charge in [0.1, 0.15) is 17.5 Å². The Morgan fingerprint density at radius 2 is 2.19 bits per heavy atom. The SMILES string of the molecule is CC(C)c1nc(N)cc(N2CCC3NC(=O)CCC3C2)n1. The summed E-state index contributed by atoms with van der Waals surface area (Å²) in [5.41, 5.74) is 5.92. The number of amides is 1. The van der Waals surface area contributed by atoms with E-state index in [2.05, 4.69) is 34.0 Å². The molecule has 0 radical (unpaired) electrons. The maximum Gasteiger partial charge on any atom is 0.220 e. The number of nitrogen functional groups attached to an aromatic ring is 1. The van der Waals surface area contributed by atoms with E-state index in [1.807, 2.05) is 6.07 Å². The van der Waals surface area contributed by atoms with Crippen molar-refractivity contribution in [2.24, 2.45) is 5.92 Å². The Kier molecular flexibility index (Phi) is 3.69. The molecule has 0 saturated carbocycles. The molecule has 6 nitrogen and oxygen atoms in total. The summed E-state index contributed by atoms with van der Waals surface area (Å²) in [5, 5.41) is 3.11. The third-order valence-electron chi connectivity index (χ3n) is 4.41. The summed E-state index contributed by atoms with van der Waals surface area (Å²) in [4.78, 5) is 22.7. The quantitative estimate of drug-likeness (QED) is 0.857. The van der Waals surface area contributed by atoms with Crippen molar-refractivity contribution in [1.29, 1.82) is 0 Å². The Labute approximate surface area is 125 Å². The molecule has 1 aromatic rings. The Bertz CT molecular complexity index is 545. The van der Waals surface area contributed by atoms with E-state index in [9.17, 15) is 4.79 Å². The van der Waals surface area contributed by atoms with Crippen molar-refractivity contribution in [3.63, 3.8) is 0 Å². The fourth-order valence-electron chi connectivity index (χ4n) is 3.21. The van der Waals surface area contributed by atoms with Gasteiger partial charge in [-0.2, -0.15) is 0 Å². The van der Waals surface area contributed by atoms with Crippen LogP contribution in [0.25, 0.3) is 0 Å². The number of hydrogen-bond acceptors (Lipinski definition) is 5. The maximum atomic E-state index is 11.5. The molecule has 2 aliphatic rings. The Morgan fingerprint density at radius 3 is 2.95 bits per heavy atom. The second kappa shape index (κ2) is 5.50. The minimum atomic E-state index is 0.193. The van der Waals surface area contributed by atoms with E-state index >= 15 is 0 Å². The van der Waals surface area contributed by atoms with Crippen LogP contribution in [0.1, 0.15) is 44.9 Å². The lowest BCUT2D eigenvalue weighted by molar-refractivity contribution is -0.124. The molecule has 1 aromatic heterocycles. The van der Waals surface area contributed by atoms with Gasteiger partial charge in [-0.25, -0.2) is 9.97 Å². The van der Waals surface area contributed by atoms with Crippen LogP contribution < -0.4 is 16.0 Å². The number of rotatable bonds is 2. The molecule has 3 heterocycles. The summed E-state index contributed by atoms with van der Waals surface area (Å²) >= 11 is 0. The zero-order valence-electron chi connectivity index (χ0n) is 12.7. The zero-order valence-corrected chi connectivity index (χ0v) is 12.7. The van der Waals surface area contributed by atoms with Crippen LogP contribution in [0.15, 0.2) is 6.07 Å². The molecule has 6 heteroatoms. The summed E-state index contributed by atoms with van der Waals surface area (Å²) in [5.74, 6) is 3.21. The van der Waals surface area contributed by atoms with Crippen molar-refractivity contribution < 1.29 is 4.79 Å². The highest BCUT2D eigenvalue weighted by molar-refractivity contribution is 5.77. The van der Waals surface area contributed by atoms with Gasteiger partial charge in [0.15, 0.2) is 0 Å². The molecule has 3 N–H and O–H groups in total. The standard InChI is InChI=1S/C15H23N5O/c1-9(2)15-18-12(16)7-13(19-15)20-6-5-11-10(8-20)3-4-14(21)17-11/h7,9-11H,3-6,8H2,1-2H3,(H,17,21)(H2,16,18,19). The molecule has 21 heavy (non-hydrogen) atoms. The van der Waals surface area contributed by atoms with Crippen molar-refractivity contribution >= 4 is 17.5 Å². The number of hydrogen-bond donors (Lipinski definition) is 2.